The van der Waals surface area contributed by atoms with E-state index in [1.807, 2.05) is 24.3 Å². The number of rotatable bonds is 8. The van der Waals surface area contributed by atoms with Crippen molar-refractivity contribution in [2.24, 2.45) is 5.92 Å². The molecule has 0 bridgehead atoms. The molecule has 0 radical (unpaired) electrons. The van der Waals surface area contributed by atoms with Crippen molar-refractivity contribution >= 4 is 0 Å². The molecule has 0 aliphatic heterocycles. The molecule has 0 unspecified atom stereocenters. The molecule has 0 aromatic heterocycles. The molecule has 2 nitrogen and oxygen atoms in total. The molecule has 0 heterocycles. The molecule has 0 aliphatic carbocycles. The van der Waals surface area contributed by atoms with Crippen molar-refractivity contribution in [1.82, 2.24) is 5.32 Å². The third-order valence-electron chi connectivity index (χ3n) is 2.77. The lowest BCUT2D eigenvalue weighted by Gasteiger charge is -2.13. The standard InChI is InChI=1S/C15H22F3NO/c1-12(2)9-19-10-13-5-3-4-6-14(13)11-20-8-7-15(16,17)18/h3-6,12,19H,7-11H2,1-2H3. The lowest BCUT2D eigenvalue weighted by atomic mass is 10.1. The van der Waals surface area contributed by atoms with Crippen LogP contribution in [0.1, 0.15) is 31.4 Å². The van der Waals surface area contributed by atoms with Crippen LogP contribution in [0.25, 0.3) is 0 Å². The fourth-order valence-corrected chi connectivity index (χ4v) is 1.74. The summed E-state index contributed by atoms with van der Waals surface area (Å²) < 4.78 is 41.2. The molecular weight excluding hydrogens is 267 g/mol. The number of benzene rings is 1. The first-order valence-corrected chi connectivity index (χ1v) is 6.80. The molecule has 1 aromatic carbocycles. The van der Waals surface area contributed by atoms with E-state index in [1.165, 1.54) is 0 Å². The fraction of sp³-hybridized carbons (Fsp3) is 0.600. The third-order valence-corrected chi connectivity index (χ3v) is 2.77. The first kappa shape index (κ1) is 17.0. The second kappa shape index (κ2) is 8.27. The number of ether oxygens (including phenoxy) is 1. The highest BCUT2D eigenvalue weighted by molar-refractivity contribution is 5.26. The van der Waals surface area contributed by atoms with Crippen molar-refractivity contribution in [2.75, 3.05) is 13.2 Å². The molecule has 0 amide bonds. The molecule has 20 heavy (non-hydrogen) atoms. The smallest absolute Gasteiger partial charge is 0.376 e. The van der Waals surface area contributed by atoms with Crippen LogP contribution in [0.5, 0.6) is 0 Å². The van der Waals surface area contributed by atoms with Crippen LogP contribution in [0.4, 0.5) is 13.2 Å². The van der Waals surface area contributed by atoms with Gasteiger partial charge in [0.2, 0.25) is 0 Å². The summed E-state index contributed by atoms with van der Waals surface area (Å²) in [6.07, 6.45) is -5.06. The van der Waals surface area contributed by atoms with Crippen molar-refractivity contribution in [2.45, 2.75) is 39.6 Å². The van der Waals surface area contributed by atoms with Crippen LogP contribution in [0, 0.1) is 5.92 Å². The van der Waals surface area contributed by atoms with Crippen LogP contribution < -0.4 is 5.32 Å². The van der Waals surface area contributed by atoms with Crippen LogP contribution in [0.3, 0.4) is 0 Å². The molecule has 1 N–H and O–H groups in total. The molecule has 0 saturated heterocycles. The van der Waals surface area contributed by atoms with Crippen molar-refractivity contribution in [3.63, 3.8) is 0 Å². The monoisotopic (exact) mass is 289 g/mol. The zero-order valence-corrected chi connectivity index (χ0v) is 12.0. The number of hydrogen-bond donors (Lipinski definition) is 1. The maximum Gasteiger partial charge on any atom is 0.391 e. The average molecular weight is 289 g/mol. The molecule has 5 heteroatoms. The Morgan fingerprint density at radius 3 is 2.40 bits per heavy atom. The molecule has 1 rings (SSSR count). The second-order valence-electron chi connectivity index (χ2n) is 5.21. The van der Waals surface area contributed by atoms with Gasteiger partial charge in [0.1, 0.15) is 0 Å². The van der Waals surface area contributed by atoms with Gasteiger partial charge in [0.15, 0.2) is 0 Å². The van der Waals surface area contributed by atoms with Gasteiger partial charge in [-0.1, -0.05) is 38.1 Å². The van der Waals surface area contributed by atoms with Gasteiger partial charge < -0.3 is 10.1 Å². The fourth-order valence-electron chi connectivity index (χ4n) is 1.74. The molecule has 0 atom stereocenters. The summed E-state index contributed by atoms with van der Waals surface area (Å²) in [6, 6.07) is 7.65. The van der Waals surface area contributed by atoms with Gasteiger partial charge in [-0.15, -0.1) is 0 Å². The summed E-state index contributed by atoms with van der Waals surface area (Å²) >= 11 is 0. The molecule has 0 saturated carbocycles. The summed E-state index contributed by atoms with van der Waals surface area (Å²) in [7, 11) is 0. The zero-order chi connectivity index (χ0) is 15.0. The minimum Gasteiger partial charge on any atom is -0.376 e. The summed E-state index contributed by atoms with van der Waals surface area (Å²) in [6.45, 7) is 5.78. The Bertz CT molecular complexity index is 391. The van der Waals surface area contributed by atoms with Gasteiger partial charge in [-0.3, -0.25) is 0 Å². The number of hydrogen-bond acceptors (Lipinski definition) is 2. The highest BCUT2D eigenvalue weighted by Gasteiger charge is 2.26. The Kier molecular flexibility index (Phi) is 7.02. The maximum atomic E-state index is 12.0. The van der Waals surface area contributed by atoms with E-state index >= 15 is 0 Å². The van der Waals surface area contributed by atoms with E-state index in [4.69, 9.17) is 4.74 Å². The van der Waals surface area contributed by atoms with Crippen LogP contribution in [-0.2, 0) is 17.9 Å². The van der Waals surface area contributed by atoms with Crippen LogP contribution in [0.15, 0.2) is 24.3 Å². The third kappa shape index (κ3) is 7.50. The molecule has 1 aromatic rings. The Morgan fingerprint density at radius 1 is 1.15 bits per heavy atom. The highest BCUT2D eigenvalue weighted by Crippen LogP contribution is 2.19. The first-order valence-electron chi connectivity index (χ1n) is 6.80. The van der Waals surface area contributed by atoms with Gasteiger partial charge >= 0.3 is 6.18 Å². The predicted octanol–water partition coefficient (Wildman–Crippen LogP) is 3.90. The predicted molar refractivity (Wildman–Crippen MR) is 73.3 cm³/mol. The van der Waals surface area contributed by atoms with Crippen LogP contribution in [-0.4, -0.2) is 19.3 Å². The van der Waals surface area contributed by atoms with Crippen molar-refractivity contribution < 1.29 is 17.9 Å². The van der Waals surface area contributed by atoms with Crippen molar-refractivity contribution in [3.8, 4) is 0 Å². The Labute approximate surface area is 118 Å². The van der Waals surface area contributed by atoms with E-state index in [0.717, 1.165) is 17.7 Å². The van der Waals surface area contributed by atoms with E-state index in [2.05, 4.69) is 19.2 Å². The van der Waals surface area contributed by atoms with E-state index in [-0.39, 0.29) is 13.2 Å². The summed E-state index contributed by atoms with van der Waals surface area (Å²) in [5.41, 5.74) is 2.01. The molecule has 0 spiro atoms. The summed E-state index contributed by atoms with van der Waals surface area (Å²) in [4.78, 5) is 0. The first-order chi connectivity index (χ1) is 9.38. The van der Waals surface area contributed by atoms with E-state index in [0.29, 0.717) is 12.5 Å². The summed E-state index contributed by atoms with van der Waals surface area (Å²) in [5.74, 6) is 0.560. The van der Waals surface area contributed by atoms with Gasteiger partial charge in [0, 0.05) is 6.54 Å². The molecular formula is C15H22F3NO. The average Bonchev–Trinajstić information content (AvgIpc) is 2.34. The number of nitrogens with one attached hydrogen (secondary N) is 1. The molecule has 0 aliphatic rings. The molecule has 0 fully saturated rings. The van der Waals surface area contributed by atoms with Crippen molar-refractivity contribution in [3.05, 3.63) is 35.4 Å². The Balaban J connectivity index is 2.40. The second-order valence-corrected chi connectivity index (χ2v) is 5.21. The number of halogens is 3. The SMILES string of the molecule is CC(C)CNCc1ccccc1COCCC(F)(F)F. The lowest BCUT2D eigenvalue weighted by Crippen LogP contribution is -2.20. The van der Waals surface area contributed by atoms with E-state index in [9.17, 15) is 13.2 Å². The number of alkyl halides is 3. The van der Waals surface area contributed by atoms with E-state index < -0.39 is 12.6 Å². The zero-order valence-electron chi connectivity index (χ0n) is 12.0. The topological polar surface area (TPSA) is 21.3 Å². The highest BCUT2D eigenvalue weighted by atomic mass is 19.4. The van der Waals surface area contributed by atoms with Crippen LogP contribution in [0.2, 0.25) is 0 Å². The van der Waals surface area contributed by atoms with Gasteiger partial charge in [0.25, 0.3) is 0 Å². The molecule has 114 valence electrons. The van der Waals surface area contributed by atoms with Gasteiger partial charge in [-0.25, -0.2) is 0 Å². The van der Waals surface area contributed by atoms with Gasteiger partial charge in [-0.2, -0.15) is 13.2 Å². The minimum atomic E-state index is -4.15. The van der Waals surface area contributed by atoms with Crippen molar-refractivity contribution in [1.29, 1.82) is 0 Å². The van der Waals surface area contributed by atoms with Gasteiger partial charge in [-0.05, 0) is 23.6 Å². The lowest BCUT2D eigenvalue weighted by molar-refractivity contribution is -0.146. The van der Waals surface area contributed by atoms with Crippen LogP contribution >= 0.6 is 0 Å². The minimum absolute atomic E-state index is 0.218. The Hall–Kier alpha value is -1.07. The van der Waals surface area contributed by atoms with E-state index in [1.54, 1.807) is 0 Å². The summed E-state index contributed by atoms with van der Waals surface area (Å²) in [5, 5.41) is 3.32. The Morgan fingerprint density at radius 2 is 1.80 bits per heavy atom. The maximum absolute atomic E-state index is 12.0. The van der Waals surface area contributed by atoms with Gasteiger partial charge in [0.05, 0.1) is 19.6 Å². The normalized spacial score (nSPS) is 12.1. The largest absolute Gasteiger partial charge is 0.391 e. The quantitative estimate of drug-likeness (QED) is 0.733.